The molecule has 0 bridgehead atoms. The van der Waals surface area contributed by atoms with Crippen molar-refractivity contribution in [3.63, 3.8) is 0 Å². The van der Waals surface area contributed by atoms with Gasteiger partial charge in [-0.15, -0.1) is 0 Å². The van der Waals surface area contributed by atoms with Crippen LogP contribution in [0.25, 0.3) is 0 Å². The molecular weight excluding hydrogens is 283 g/mol. The van der Waals surface area contributed by atoms with Gasteiger partial charge in [-0.1, -0.05) is 6.07 Å². The Hall–Kier alpha value is -1.34. The number of pyridine rings is 1. The van der Waals surface area contributed by atoms with Gasteiger partial charge in [0, 0.05) is 32.3 Å². The minimum atomic E-state index is -4.45. The maximum atomic E-state index is 12.8. The Morgan fingerprint density at radius 3 is 2.76 bits per heavy atom. The molecular formula is C14H20F3N3O. The molecule has 7 heteroatoms. The molecule has 1 saturated heterocycles. The molecule has 2 rings (SSSR count). The molecule has 0 radical (unpaired) electrons. The van der Waals surface area contributed by atoms with Gasteiger partial charge in [0.2, 0.25) is 0 Å². The first-order valence-corrected chi connectivity index (χ1v) is 6.98. The first-order chi connectivity index (χ1) is 9.91. The van der Waals surface area contributed by atoms with E-state index in [0.29, 0.717) is 30.5 Å². The van der Waals surface area contributed by atoms with Crippen LogP contribution >= 0.6 is 0 Å². The van der Waals surface area contributed by atoms with Gasteiger partial charge in [0.15, 0.2) is 0 Å². The first-order valence-electron chi connectivity index (χ1n) is 6.98. The highest BCUT2D eigenvalue weighted by molar-refractivity contribution is 5.47. The van der Waals surface area contributed by atoms with Crippen LogP contribution in [0.5, 0.6) is 0 Å². The molecule has 0 spiro atoms. The second-order valence-corrected chi connectivity index (χ2v) is 5.34. The molecule has 1 atom stereocenters. The lowest BCUT2D eigenvalue weighted by Gasteiger charge is -2.29. The highest BCUT2D eigenvalue weighted by Crippen LogP contribution is 2.30. The number of alkyl halides is 3. The average molecular weight is 303 g/mol. The van der Waals surface area contributed by atoms with E-state index in [4.69, 9.17) is 10.5 Å². The molecule has 1 aromatic rings. The van der Waals surface area contributed by atoms with Crippen LogP contribution in [0.2, 0.25) is 0 Å². The van der Waals surface area contributed by atoms with Crippen LogP contribution in [0.4, 0.5) is 19.0 Å². The number of halogens is 3. The molecule has 21 heavy (non-hydrogen) atoms. The largest absolute Gasteiger partial charge is 0.433 e. The van der Waals surface area contributed by atoms with Gasteiger partial charge in [-0.05, 0) is 24.8 Å². The number of nitrogens with two attached hydrogens (primary N) is 1. The normalized spacial score (nSPS) is 19.6. The lowest BCUT2D eigenvalue weighted by atomic mass is 10.0. The van der Waals surface area contributed by atoms with Gasteiger partial charge in [0.05, 0.1) is 6.61 Å². The van der Waals surface area contributed by atoms with E-state index in [1.165, 1.54) is 6.07 Å². The Bertz CT molecular complexity index is 473. The Morgan fingerprint density at radius 1 is 1.43 bits per heavy atom. The van der Waals surface area contributed by atoms with Crippen LogP contribution in [-0.2, 0) is 17.5 Å². The van der Waals surface area contributed by atoms with Crippen molar-refractivity contribution in [3.8, 4) is 0 Å². The molecule has 4 nitrogen and oxygen atoms in total. The summed E-state index contributed by atoms with van der Waals surface area (Å²) in [4.78, 5) is 5.51. The molecule has 1 aliphatic rings. The summed E-state index contributed by atoms with van der Waals surface area (Å²) in [6.07, 6.45) is -2.45. The third-order valence-electron chi connectivity index (χ3n) is 3.61. The molecule has 0 saturated carbocycles. The number of hydrogen-bond donors (Lipinski definition) is 1. The second-order valence-electron chi connectivity index (χ2n) is 5.34. The topological polar surface area (TPSA) is 51.4 Å². The number of hydrogen-bond acceptors (Lipinski definition) is 4. The van der Waals surface area contributed by atoms with Gasteiger partial charge in [0.1, 0.15) is 11.5 Å². The summed E-state index contributed by atoms with van der Waals surface area (Å²) in [6, 6.07) is 2.38. The van der Waals surface area contributed by atoms with E-state index in [9.17, 15) is 13.2 Å². The molecule has 2 N–H and O–H groups in total. The maximum absolute atomic E-state index is 12.8. The molecule has 1 unspecified atom stereocenters. The zero-order chi connectivity index (χ0) is 15.5. The molecule has 2 heterocycles. The lowest BCUT2D eigenvalue weighted by Crippen LogP contribution is -2.32. The highest BCUT2D eigenvalue weighted by Gasteiger charge is 2.33. The van der Waals surface area contributed by atoms with E-state index in [1.54, 1.807) is 11.9 Å². The fourth-order valence-electron chi connectivity index (χ4n) is 2.55. The summed E-state index contributed by atoms with van der Waals surface area (Å²) >= 11 is 0. The van der Waals surface area contributed by atoms with Gasteiger partial charge in [-0.2, -0.15) is 13.2 Å². The third kappa shape index (κ3) is 4.07. The zero-order valence-electron chi connectivity index (χ0n) is 12.0. The number of anilines is 1. The summed E-state index contributed by atoms with van der Waals surface area (Å²) in [5.41, 5.74) is 5.33. The quantitative estimate of drug-likeness (QED) is 0.928. The second kappa shape index (κ2) is 6.62. The number of nitrogens with zero attached hydrogens (tertiary/aromatic N) is 2. The van der Waals surface area contributed by atoms with E-state index < -0.39 is 11.9 Å². The van der Waals surface area contributed by atoms with Gasteiger partial charge in [0.25, 0.3) is 0 Å². The SMILES string of the molecule is CN(CC1CCCOC1)c1nc(C(F)(F)F)ccc1CN. The van der Waals surface area contributed by atoms with E-state index in [1.807, 2.05) is 0 Å². The Morgan fingerprint density at radius 2 is 2.19 bits per heavy atom. The monoisotopic (exact) mass is 303 g/mol. The predicted octanol–water partition coefficient (Wildman–Crippen LogP) is 2.42. The molecule has 0 amide bonds. The number of aromatic nitrogens is 1. The summed E-state index contributed by atoms with van der Waals surface area (Å²) in [6.45, 7) is 2.17. The van der Waals surface area contributed by atoms with Crippen molar-refractivity contribution in [2.45, 2.75) is 25.6 Å². The standard InChI is InChI=1S/C14H20F3N3O/c1-20(8-10-3-2-6-21-9-10)13-11(7-18)4-5-12(19-13)14(15,16)17/h4-5,10H,2-3,6-9,18H2,1H3. The summed E-state index contributed by atoms with van der Waals surface area (Å²) in [5.74, 6) is 0.614. The molecule has 0 aromatic carbocycles. The highest BCUT2D eigenvalue weighted by atomic mass is 19.4. The predicted molar refractivity (Wildman–Crippen MR) is 73.9 cm³/mol. The fraction of sp³-hybridized carbons (Fsp3) is 0.643. The fourth-order valence-corrected chi connectivity index (χ4v) is 2.55. The Labute approximate surface area is 122 Å². The average Bonchev–Trinajstić information content (AvgIpc) is 2.46. The van der Waals surface area contributed by atoms with Crippen LogP contribution in [0.3, 0.4) is 0 Å². The van der Waals surface area contributed by atoms with Crippen LogP contribution in [0.15, 0.2) is 12.1 Å². The van der Waals surface area contributed by atoms with E-state index in [2.05, 4.69) is 4.98 Å². The van der Waals surface area contributed by atoms with E-state index >= 15 is 0 Å². The van der Waals surface area contributed by atoms with Gasteiger partial charge in [-0.25, -0.2) is 4.98 Å². The van der Waals surface area contributed by atoms with Crippen molar-refractivity contribution >= 4 is 5.82 Å². The van der Waals surface area contributed by atoms with Crippen molar-refractivity contribution < 1.29 is 17.9 Å². The van der Waals surface area contributed by atoms with E-state index in [-0.39, 0.29) is 6.54 Å². The van der Waals surface area contributed by atoms with Crippen LogP contribution in [-0.4, -0.2) is 31.8 Å². The first kappa shape index (κ1) is 16.0. The third-order valence-corrected chi connectivity index (χ3v) is 3.61. The van der Waals surface area contributed by atoms with Crippen LogP contribution in [0.1, 0.15) is 24.1 Å². The molecule has 118 valence electrons. The van der Waals surface area contributed by atoms with Crippen molar-refractivity contribution in [1.29, 1.82) is 0 Å². The summed E-state index contributed by atoms with van der Waals surface area (Å²) in [7, 11) is 1.75. The van der Waals surface area contributed by atoms with Crippen LogP contribution < -0.4 is 10.6 Å². The van der Waals surface area contributed by atoms with Crippen LogP contribution in [0, 0.1) is 5.92 Å². The van der Waals surface area contributed by atoms with Gasteiger partial charge >= 0.3 is 6.18 Å². The molecule has 1 aromatic heterocycles. The van der Waals surface area contributed by atoms with Crippen molar-refractivity contribution in [3.05, 3.63) is 23.4 Å². The smallest absolute Gasteiger partial charge is 0.381 e. The summed E-state index contributed by atoms with van der Waals surface area (Å²) < 4.78 is 43.8. The number of rotatable bonds is 4. The zero-order valence-corrected chi connectivity index (χ0v) is 12.0. The molecule has 1 aliphatic heterocycles. The van der Waals surface area contributed by atoms with Crippen molar-refractivity contribution in [2.75, 3.05) is 31.7 Å². The minimum absolute atomic E-state index is 0.159. The van der Waals surface area contributed by atoms with Gasteiger partial charge in [-0.3, -0.25) is 0 Å². The van der Waals surface area contributed by atoms with Gasteiger partial charge < -0.3 is 15.4 Å². The minimum Gasteiger partial charge on any atom is -0.381 e. The molecule has 0 aliphatic carbocycles. The van der Waals surface area contributed by atoms with Crippen molar-refractivity contribution in [2.24, 2.45) is 11.7 Å². The van der Waals surface area contributed by atoms with Crippen molar-refractivity contribution in [1.82, 2.24) is 4.98 Å². The van der Waals surface area contributed by atoms with E-state index in [0.717, 1.165) is 25.5 Å². The maximum Gasteiger partial charge on any atom is 0.433 e. The Kier molecular flexibility index (Phi) is 5.05. The lowest BCUT2D eigenvalue weighted by molar-refractivity contribution is -0.141. The Balaban J connectivity index is 2.19. The number of ether oxygens (including phenoxy) is 1. The molecule has 1 fully saturated rings. The summed E-state index contributed by atoms with van der Waals surface area (Å²) in [5, 5.41) is 0.